The summed E-state index contributed by atoms with van der Waals surface area (Å²) < 4.78 is 33.1. The van der Waals surface area contributed by atoms with Gasteiger partial charge in [-0.05, 0) is 42.9 Å². The minimum absolute atomic E-state index is 0. The number of carbonyl (C=O) groups excluding carboxylic acids is 1. The first-order chi connectivity index (χ1) is 12.1. The number of methoxy groups -OCH3 is 1. The Bertz CT molecular complexity index is 809. The number of nitrogens with zero attached hydrogens (tertiary/aromatic N) is 1. The normalized spacial score (nSPS) is 22.1. The van der Waals surface area contributed by atoms with Crippen LogP contribution in [0.15, 0.2) is 23.1 Å². The lowest BCUT2D eigenvalue weighted by Crippen LogP contribution is -2.54. The molecule has 2 aliphatic rings. The minimum atomic E-state index is -3.72. The number of nitrogens with two attached hydrogens (primary N) is 1. The first-order valence-electron chi connectivity index (χ1n) is 8.89. The third-order valence-electron chi connectivity index (χ3n) is 5.20. The minimum Gasteiger partial charge on any atom is -0.495 e. The van der Waals surface area contributed by atoms with Gasteiger partial charge in [0.1, 0.15) is 10.6 Å². The number of nitrogens with one attached hydrogen (secondary N) is 1. The Morgan fingerprint density at radius 1 is 1.30 bits per heavy atom. The molecule has 27 heavy (non-hydrogen) atoms. The quantitative estimate of drug-likeness (QED) is 0.760. The van der Waals surface area contributed by atoms with E-state index in [-0.39, 0.29) is 46.5 Å². The molecular weight excluding hydrogens is 390 g/mol. The topological polar surface area (TPSA) is 102 Å². The van der Waals surface area contributed by atoms with Crippen molar-refractivity contribution in [2.24, 2.45) is 11.1 Å². The van der Waals surface area contributed by atoms with Crippen molar-refractivity contribution in [3.8, 4) is 5.75 Å². The van der Waals surface area contributed by atoms with Crippen LogP contribution >= 0.6 is 12.4 Å². The van der Waals surface area contributed by atoms with E-state index < -0.39 is 10.0 Å². The van der Waals surface area contributed by atoms with Crippen LogP contribution in [0.4, 0.5) is 0 Å². The molecule has 7 nitrogen and oxygen atoms in total. The second-order valence-corrected chi connectivity index (χ2v) is 9.55. The number of piperidine rings is 1. The summed E-state index contributed by atoms with van der Waals surface area (Å²) in [5, 5.41) is 0. The maximum absolute atomic E-state index is 12.9. The van der Waals surface area contributed by atoms with Crippen LogP contribution in [0.1, 0.15) is 43.5 Å². The van der Waals surface area contributed by atoms with Crippen LogP contribution in [0.5, 0.6) is 5.75 Å². The Kier molecular flexibility index (Phi) is 6.46. The number of halogens is 1. The van der Waals surface area contributed by atoms with E-state index in [4.69, 9.17) is 10.5 Å². The molecule has 1 amide bonds. The first kappa shape index (κ1) is 21.9. The molecule has 1 aliphatic carbocycles. The standard InChI is InChI=1S/C18H27N3O4S.ClH/c1-18(2)11-21(9-8-16(18)19)17(22)12-4-7-14(25-3)15(10-12)26(23,24)20-13-5-6-13;/h4,7,10,13,16,20H,5-6,8-9,11,19H2,1-3H3;1H. The van der Waals surface area contributed by atoms with Crippen LogP contribution in [0.3, 0.4) is 0 Å². The average molecular weight is 418 g/mol. The van der Waals surface area contributed by atoms with Crippen LogP contribution in [-0.4, -0.2) is 51.5 Å². The van der Waals surface area contributed by atoms with Gasteiger partial charge in [0.05, 0.1) is 7.11 Å². The molecule has 1 aliphatic heterocycles. The fourth-order valence-electron chi connectivity index (χ4n) is 3.23. The Morgan fingerprint density at radius 2 is 1.96 bits per heavy atom. The van der Waals surface area contributed by atoms with Crippen LogP contribution in [0, 0.1) is 5.41 Å². The van der Waals surface area contributed by atoms with E-state index in [2.05, 4.69) is 4.72 Å². The highest BCUT2D eigenvalue weighted by atomic mass is 35.5. The molecule has 0 aromatic heterocycles. The Balaban J connectivity index is 0.00000261. The summed E-state index contributed by atoms with van der Waals surface area (Å²) >= 11 is 0. The lowest BCUT2D eigenvalue weighted by Gasteiger charge is -2.42. The zero-order chi connectivity index (χ0) is 19.1. The highest BCUT2D eigenvalue weighted by Gasteiger charge is 2.36. The number of hydrogen-bond donors (Lipinski definition) is 2. The van der Waals surface area contributed by atoms with Gasteiger partial charge < -0.3 is 15.4 Å². The summed E-state index contributed by atoms with van der Waals surface area (Å²) in [6.45, 7) is 5.19. The van der Waals surface area contributed by atoms with Crippen molar-refractivity contribution < 1.29 is 17.9 Å². The monoisotopic (exact) mass is 417 g/mol. The number of sulfonamides is 1. The summed E-state index contributed by atoms with van der Waals surface area (Å²) in [5.41, 5.74) is 6.31. The fraction of sp³-hybridized carbons (Fsp3) is 0.611. The molecule has 1 aromatic carbocycles. The molecule has 0 spiro atoms. The molecule has 1 unspecified atom stereocenters. The van der Waals surface area contributed by atoms with Crippen LogP contribution in [0.2, 0.25) is 0 Å². The summed E-state index contributed by atoms with van der Waals surface area (Å²) in [4.78, 5) is 14.7. The SMILES string of the molecule is COc1ccc(C(=O)N2CCC(N)C(C)(C)C2)cc1S(=O)(=O)NC1CC1.Cl. The van der Waals surface area contributed by atoms with E-state index >= 15 is 0 Å². The number of carbonyl (C=O) groups is 1. The summed E-state index contributed by atoms with van der Waals surface area (Å²) in [5.74, 6) is 0.0474. The van der Waals surface area contributed by atoms with Crippen LogP contribution < -0.4 is 15.2 Å². The van der Waals surface area contributed by atoms with Gasteiger partial charge in [0, 0.05) is 30.7 Å². The number of ether oxygens (including phenoxy) is 1. The Morgan fingerprint density at radius 3 is 2.52 bits per heavy atom. The van der Waals surface area contributed by atoms with Crippen LogP contribution in [0.25, 0.3) is 0 Å². The second kappa shape index (κ2) is 7.95. The maximum Gasteiger partial charge on any atom is 0.253 e. The highest BCUT2D eigenvalue weighted by Crippen LogP contribution is 2.31. The van der Waals surface area contributed by atoms with E-state index in [0.29, 0.717) is 18.7 Å². The van der Waals surface area contributed by atoms with Gasteiger partial charge in [-0.15, -0.1) is 12.4 Å². The molecule has 0 radical (unpaired) electrons. The number of benzene rings is 1. The largest absolute Gasteiger partial charge is 0.495 e. The Hall–Kier alpha value is -1.35. The van der Waals surface area contributed by atoms with Crippen molar-refractivity contribution in [3.63, 3.8) is 0 Å². The second-order valence-electron chi connectivity index (χ2n) is 7.87. The van der Waals surface area contributed by atoms with Crippen molar-refractivity contribution in [2.45, 2.75) is 50.1 Å². The molecule has 1 saturated heterocycles. The number of amides is 1. The smallest absolute Gasteiger partial charge is 0.253 e. The molecule has 1 saturated carbocycles. The van der Waals surface area contributed by atoms with Gasteiger partial charge in [-0.25, -0.2) is 13.1 Å². The van der Waals surface area contributed by atoms with E-state index in [1.807, 2.05) is 13.8 Å². The molecule has 0 bridgehead atoms. The molecule has 2 fully saturated rings. The van der Waals surface area contributed by atoms with Gasteiger partial charge in [0.15, 0.2) is 0 Å². The lowest BCUT2D eigenvalue weighted by molar-refractivity contribution is 0.0532. The third kappa shape index (κ3) is 4.74. The maximum atomic E-state index is 12.9. The fourth-order valence-corrected chi connectivity index (χ4v) is 4.73. The van der Waals surface area contributed by atoms with Crippen LogP contribution in [-0.2, 0) is 10.0 Å². The van der Waals surface area contributed by atoms with Crippen molar-refractivity contribution >= 4 is 28.3 Å². The zero-order valence-corrected chi connectivity index (χ0v) is 17.5. The van der Waals surface area contributed by atoms with Crippen molar-refractivity contribution in [1.82, 2.24) is 9.62 Å². The van der Waals surface area contributed by atoms with Gasteiger partial charge in [-0.1, -0.05) is 13.8 Å². The molecule has 152 valence electrons. The van der Waals surface area contributed by atoms with E-state index in [0.717, 1.165) is 19.3 Å². The van der Waals surface area contributed by atoms with E-state index in [1.54, 1.807) is 11.0 Å². The summed E-state index contributed by atoms with van der Waals surface area (Å²) in [6.07, 6.45) is 2.40. The molecule has 1 heterocycles. The molecular formula is C18H28ClN3O4S. The zero-order valence-electron chi connectivity index (χ0n) is 15.9. The molecule has 3 rings (SSSR count). The van der Waals surface area contributed by atoms with Crippen molar-refractivity contribution in [1.29, 1.82) is 0 Å². The number of rotatable bonds is 5. The summed E-state index contributed by atoms with van der Waals surface area (Å²) in [6, 6.07) is 4.58. The van der Waals surface area contributed by atoms with Gasteiger partial charge in [0.2, 0.25) is 10.0 Å². The summed E-state index contributed by atoms with van der Waals surface area (Å²) in [7, 11) is -2.31. The van der Waals surface area contributed by atoms with E-state index in [9.17, 15) is 13.2 Å². The molecule has 9 heteroatoms. The van der Waals surface area contributed by atoms with Gasteiger partial charge in [-0.2, -0.15) is 0 Å². The predicted octanol–water partition coefficient (Wildman–Crippen LogP) is 1.76. The number of likely N-dealkylation sites (tertiary alicyclic amines) is 1. The van der Waals surface area contributed by atoms with Gasteiger partial charge in [-0.3, -0.25) is 4.79 Å². The van der Waals surface area contributed by atoms with Crippen molar-refractivity contribution in [3.05, 3.63) is 23.8 Å². The average Bonchev–Trinajstić information content (AvgIpc) is 3.39. The van der Waals surface area contributed by atoms with Crippen molar-refractivity contribution in [2.75, 3.05) is 20.2 Å². The molecule has 3 N–H and O–H groups in total. The third-order valence-corrected chi connectivity index (χ3v) is 6.74. The van der Waals surface area contributed by atoms with E-state index in [1.165, 1.54) is 19.2 Å². The number of hydrogen-bond acceptors (Lipinski definition) is 5. The predicted molar refractivity (Wildman–Crippen MR) is 106 cm³/mol. The first-order valence-corrected chi connectivity index (χ1v) is 10.4. The lowest BCUT2D eigenvalue weighted by atomic mass is 9.79. The van der Waals surface area contributed by atoms with Gasteiger partial charge in [0.25, 0.3) is 5.91 Å². The highest BCUT2D eigenvalue weighted by molar-refractivity contribution is 7.89. The Labute approximate surface area is 167 Å². The molecule has 1 atom stereocenters. The molecule has 1 aromatic rings. The van der Waals surface area contributed by atoms with Gasteiger partial charge >= 0.3 is 0 Å².